The molecule has 0 saturated heterocycles. The summed E-state index contributed by atoms with van der Waals surface area (Å²) < 4.78 is 1.87. The van der Waals surface area contributed by atoms with Gasteiger partial charge < -0.3 is 5.32 Å². The van der Waals surface area contributed by atoms with Crippen molar-refractivity contribution >= 4 is 11.7 Å². The summed E-state index contributed by atoms with van der Waals surface area (Å²) in [5.74, 6) is 0.509. The Labute approximate surface area is 124 Å². The summed E-state index contributed by atoms with van der Waals surface area (Å²) in [7, 11) is 1.91. The van der Waals surface area contributed by atoms with Crippen molar-refractivity contribution in [3.63, 3.8) is 0 Å². The molecule has 0 aliphatic heterocycles. The maximum Gasteiger partial charge on any atom is 0.239 e. The van der Waals surface area contributed by atoms with Gasteiger partial charge in [-0.3, -0.25) is 14.4 Å². The van der Waals surface area contributed by atoms with Gasteiger partial charge in [0.05, 0.1) is 12.7 Å². The minimum absolute atomic E-state index is 0.0725. The van der Waals surface area contributed by atoms with Crippen molar-refractivity contribution in [3.8, 4) is 0 Å². The van der Waals surface area contributed by atoms with Gasteiger partial charge in [0.25, 0.3) is 0 Å². The molecule has 2 aromatic rings. The number of hydrogen-bond acceptors (Lipinski definition) is 4. The van der Waals surface area contributed by atoms with Crippen LogP contribution < -0.4 is 5.32 Å². The van der Waals surface area contributed by atoms with E-state index in [1.54, 1.807) is 12.3 Å². The molecular weight excluding hydrogens is 266 g/mol. The van der Waals surface area contributed by atoms with Crippen molar-refractivity contribution in [3.05, 3.63) is 41.9 Å². The molecule has 1 N–H and O–H groups in total. The molecule has 6 nitrogen and oxygen atoms in total. The van der Waals surface area contributed by atoms with E-state index in [9.17, 15) is 4.79 Å². The van der Waals surface area contributed by atoms with E-state index in [1.807, 2.05) is 48.9 Å². The number of aryl methyl sites for hydroxylation is 2. The van der Waals surface area contributed by atoms with Crippen molar-refractivity contribution in [2.45, 2.75) is 26.9 Å². The molecule has 0 atom stereocenters. The first-order valence-electron chi connectivity index (χ1n) is 6.99. The molecule has 6 heteroatoms. The highest BCUT2D eigenvalue weighted by Crippen LogP contribution is 2.05. The molecule has 2 heterocycles. The second-order valence-corrected chi connectivity index (χ2v) is 5.15. The third-order valence-electron chi connectivity index (χ3n) is 3.06. The fourth-order valence-electron chi connectivity index (χ4n) is 2.00. The average molecular weight is 287 g/mol. The number of nitrogens with one attached hydrogen (secondary N) is 1. The van der Waals surface area contributed by atoms with E-state index in [2.05, 4.69) is 15.4 Å². The van der Waals surface area contributed by atoms with E-state index >= 15 is 0 Å². The first kappa shape index (κ1) is 15.2. The van der Waals surface area contributed by atoms with Crippen molar-refractivity contribution in [1.29, 1.82) is 0 Å². The monoisotopic (exact) mass is 287 g/mol. The van der Waals surface area contributed by atoms with Gasteiger partial charge in [0.15, 0.2) is 0 Å². The fraction of sp³-hybridized carbons (Fsp3) is 0.400. The van der Waals surface area contributed by atoms with Crippen molar-refractivity contribution in [1.82, 2.24) is 19.7 Å². The smallest absolute Gasteiger partial charge is 0.239 e. The van der Waals surface area contributed by atoms with Gasteiger partial charge in [-0.25, -0.2) is 4.98 Å². The molecule has 0 unspecified atom stereocenters. The van der Waals surface area contributed by atoms with Gasteiger partial charge in [-0.05, 0) is 32.5 Å². The SMILES string of the molecule is CCn1cc(CN(C)CC(=O)Nc2ccc(C)cn2)cn1. The van der Waals surface area contributed by atoms with Crippen LogP contribution in [0.5, 0.6) is 0 Å². The molecule has 0 aromatic carbocycles. The molecule has 0 aliphatic carbocycles. The van der Waals surface area contributed by atoms with Crippen LogP contribution in [0.4, 0.5) is 5.82 Å². The second-order valence-electron chi connectivity index (χ2n) is 5.15. The van der Waals surface area contributed by atoms with Crippen LogP contribution in [-0.4, -0.2) is 39.2 Å². The van der Waals surface area contributed by atoms with Crippen LogP contribution in [-0.2, 0) is 17.9 Å². The minimum Gasteiger partial charge on any atom is -0.310 e. The number of aromatic nitrogens is 3. The normalized spacial score (nSPS) is 10.9. The third-order valence-corrected chi connectivity index (χ3v) is 3.06. The zero-order chi connectivity index (χ0) is 15.2. The summed E-state index contributed by atoms with van der Waals surface area (Å²) in [5, 5.41) is 7.01. The van der Waals surface area contributed by atoms with Gasteiger partial charge >= 0.3 is 0 Å². The maximum absolute atomic E-state index is 11.9. The molecule has 0 fully saturated rings. The molecule has 0 saturated carbocycles. The first-order chi connectivity index (χ1) is 10.1. The van der Waals surface area contributed by atoms with Crippen LogP contribution in [0.25, 0.3) is 0 Å². The van der Waals surface area contributed by atoms with Crippen LogP contribution in [0.1, 0.15) is 18.1 Å². The average Bonchev–Trinajstić information content (AvgIpc) is 2.88. The van der Waals surface area contributed by atoms with Crippen molar-refractivity contribution in [2.24, 2.45) is 0 Å². The Morgan fingerprint density at radius 3 is 2.81 bits per heavy atom. The lowest BCUT2D eigenvalue weighted by Gasteiger charge is -2.15. The molecule has 21 heavy (non-hydrogen) atoms. The van der Waals surface area contributed by atoms with Gasteiger partial charge in [-0.15, -0.1) is 0 Å². The number of pyridine rings is 1. The Kier molecular flexibility index (Phi) is 5.05. The molecule has 112 valence electrons. The van der Waals surface area contributed by atoms with E-state index in [4.69, 9.17) is 0 Å². The number of anilines is 1. The number of hydrogen-bond donors (Lipinski definition) is 1. The van der Waals surface area contributed by atoms with Gasteiger partial charge in [-0.1, -0.05) is 6.07 Å². The summed E-state index contributed by atoms with van der Waals surface area (Å²) in [6.07, 6.45) is 5.56. The van der Waals surface area contributed by atoms with Gasteiger partial charge in [0, 0.05) is 31.0 Å². The first-order valence-corrected chi connectivity index (χ1v) is 6.99. The third kappa shape index (κ3) is 4.68. The number of likely N-dealkylation sites (N-methyl/N-ethyl adjacent to an activating group) is 1. The highest BCUT2D eigenvalue weighted by Gasteiger charge is 2.09. The lowest BCUT2D eigenvalue weighted by molar-refractivity contribution is -0.117. The Bertz CT molecular complexity index is 590. The van der Waals surface area contributed by atoms with Gasteiger partial charge in [0.1, 0.15) is 5.82 Å². The molecule has 2 rings (SSSR count). The van der Waals surface area contributed by atoms with Crippen LogP contribution in [0.3, 0.4) is 0 Å². The number of amides is 1. The Morgan fingerprint density at radius 1 is 1.38 bits per heavy atom. The van der Waals surface area contributed by atoms with E-state index in [0.29, 0.717) is 18.9 Å². The van der Waals surface area contributed by atoms with E-state index < -0.39 is 0 Å². The molecular formula is C15H21N5O. The summed E-state index contributed by atoms with van der Waals surface area (Å²) >= 11 is 0. The quantitative estimate of drug-likeness (QED) is 0.878. The van der Waals surface area contributed by atoms with Crippen LogP contribution in [0, 0.1) is 6.92 Å². The van der Waals surface area contributed by atoms with Crippen molar-refractivity contribution in [2.75, 3.05) is 18.9 Å². The van der Waals surface area contributed by atoms with Crippen LogP contribution in [0.2, 0.25) is 0 Å². The van der Waals surface area contributed by atoms with Crippen LogP contribution >= 0.6 is 0 Å². The topological polar surface area (TPSA) is 63.1 Å². The largest absolute Gasteiger partial charge is 0.310 e. The zero-order valence-corrected chi connectivity index (χ0v) is 12.7. The van der Waals surface area contributed by atoms with E-state index in [1.165, 1.54) is 0 Å². The molecule has 2 aromatic heterocycles. The molecule has 0 spiro atoms. The molecule has 0 radical (unpaired) electrons. The fourth-order valence-corrected chi connectivity index (χ4v) is 2.00. The lowest BCUT2D eigenvalue weighted by atomic mass is 10.3. The van der Waals surface area contributed by atoms with Gasteiger partial charge in [-0.2, -0.15) is 5.10 Å². The number of carbonyl (C=O) groups excluding carboxylic acids is 1. The Morgan fingerprint density at radius 2 is 2.19 bits per heavy atom. The van der Waals surface area contributed by atoms with E-state index in [-0.39, 0.29) is 5.91 Å². The highest BCUT2D eigenvalue weighted by molar-refractivity contribution is 5.91. The van der Waals surface area contributed by atoms with Crippen LogP contribution in [0.15, 0.2) is 30.7 Å². The summed E-state index contributed by atoms with van der Waals surface area (Å²) in [6, 6.07) is 3.73. The Balaban J connectivity index is 1.82. The van der Waals surface area contributed by atoms with E-state index in [0.717, 1.165) is 17.7 Å². The maximum atomic E-state index is 11.9. The highest BCUT2D eigenvalue weighted by atomic mass is 16.2. The number of carbonyl (C=O) groups is 1. The molecule has 0 aliphatic rings. The number of nitrogens with zero attached hydrogens (tertiary/aromatic N) is 4. The standard InChI is InChI=1S/C15H21N5O/c1-4-20-10-13(8-17-20)9-19(3)11-15(21)18-14-6-5-12(2)7-16-14/h5-8,10H,4,9,11H2,1-3H3,(H,16,18,21). The van der Waals surface area contributed by atoms with Gasteiger partial charge in [0.2, 0.25) is 5.91 Å². The minimum atomic E-state index is -0.0725. The van der Waals surface area contributed by atoms with Crippen molar-refractivity contribution < 1.29 is 4.79 Å². The second kappa shape index (κ2) is 6.99. The Hall–Kier alpha value is -2.21. The number of rotatable bonds is 6. The summed E-state index contributed by atoms with van der Waals surface area (Å²) in [5.41, 5.74) is 2.17. The zero-order valence-electron chi connectivity index (χ0n) is 12.7. The summed E-state index contributed by atoms with van der Waals surface area (Å²) in [4.78, 5) is 18.1. The molecule has 1 amide bonds. The molecule has 0 bridgehead atoms. The predicted octanol–water partition coefficient (Wildman–Crippen LogP) is 1.68. The predicted molar refractivity (Wildman–Crippen MR) is 81.8 cm³/mol. The lowest BCUT2D eigenvalue weighted by Crippen LogP contribution is -2.30. The summed E-state index contributed by atoms with van der Waals surface area (Å²) in [6.45, 7) is 5.86.